The van der Waals surface area contributed by atoms with Gasteiger partial charge in [0.05, 0.1) is 11.4 Å². The fraction of sp³-hybridized carbons (Fsp3) is 0.421. The Morgan fingerprint density at radius 3 is 2.50 bits per heavy atom. The molecule has 1 N–H and O–H groups in total. The standard InChI is InChI=1S/C19H24FN3O2S/c20-18-6-4-17(5-7-18)15-26(24,25)22-13-16-8-11-23(12-9-16)14-19-3-1-2-10-21-19/h1-7,10,16,22H,8-9,11-15H2. The minimum absolute atomic E-state index is 0.119. The van der Waals surface area contributed by atoms with Gasteiger partial charge in [0, 0.05) is 19.3 Å². The smallest absolute Gasteiger partial charge is 0.215 e. The number of benzene rings is 1. The van der Waals surface area contributed by atoms with Crippen LogP contribution in [0.2, 0.25) is 0 Å². The van der Waals surface area contributed by atoms with E-state index in [1.807, 2.05) is 18.2 Å². The number of aromatic nitrogens is 1. The molecule has 1 aromatic carbocycles. The van der Waals surface area contributed by atoms with E-state index in [1.54, 1.807) is 6.20 Å². The molecule has 0 radical (unpaired) electrons. The van der Waals surface area contributed by atoms with Crippen molar-refractivity contribution in [3.05, 3.63) is 65.7 Å². The normalized spacial score (nSPS) is 16.7. The van der Waals surface area contributed by atoms with Gasteiger partial charge in [-0.15, -0.1) is 0 Å². The topological polar surface area (TPSA) is 62.3 Å². The van der Waals surface area contributed by atoms with E-state index in [-0.39, 0.29) is 11.6 Å². The molecule has 1 saturated heterocycles. The molecule has 5 nitrogen and oxygen atoms in total. The Labute approximate surface area is 154 Å². The minimum Gasteiger partial charge on any atom is -0.297 e. The highest BCUT2D eigenvalue weighted by molar-refractivity contribution is 7.88. The average Bonchev–Trinajstić information content (AvgIpc) is 2.64. The van der Waals surface area contributed by atoms with Crippen molar-refractivity contribution in [2.24, 2.45) is 5.92 Å². The predicted octanol–water partition coefficient (Wildman–Crippen LogP) is 2.55. The molecule has 26 heavy (non-hydrogen) atoms. The predicted molar refractivity (Wildman–Crippen MR) is 99.3 cm³/mol. The minimum atomic E-state index is -3.40. The van der Waals surface area contributed by atoms with Crippen LogP contribution in [-0.2, 0) is 22.3 Å². The first-order valence-electron chi connectivity index (χ1n) is 8.84. The van der Waals surface area contributed by atoms with Gasteiger partial charge >= 0.3 is 0 Å². The van der Waals surface area contributed by atoms with E-state index < -0.39 is 10.0 Å². The summed E-state index contributed by atoms with van der Waals surface area (Å²) < 4.78 is 40.0. The van der Waals surface area contributed by atoms with E-state index in [4.69, 9.17) is 0 Å². The first kappa shape index (κ1) is 18.9. The number of rotatable bonds is 7. The van der Waals surface area contributed by atoms with Crippen LogP contribution in [0, 0.1) is 11.7 Å². The lowest BCUT2D eigenvalue weighted by molar-refractivity contribution is 0.177. The molecule has 0 amide bonds. The molecule has 140 valence electrons. The third kappa shape index (κ3) is 5.86. The van der Waals surface area contributed by atoms with Crippen molar-refractivity contribution in [2.75, 3.05) is 19.6 Å². The van der Waals surface area contributed by atoms with E-state index in [0.29, 0.717) is 18.0 Å². The quantitative estimate of drug-likeness (QED) is 0.806. The molecule has 0 unspecified atom stereocenters. The van der Waals surface area contributed by atoms with Gasteiger partial charge < -0.3 is 0 Å². The molecule has 3 rings (SSSR count). The molecule has 2 heterocycles. The summed E-state index contributed by atoms with van der Waals surface area (Å²) in [6.45, 7) is 3.19. The first-order chi connectivity index (χ1) is 12.5. The molecule has 0 spiro atoms. The van der Waals surface area contributed by atoms with Crippen molar-refractivity contribution in [1.29, 1.82) is 0 Å². The van der Waals surface area contributed by atoms with Crippen LogP contribution in [0.3, 0.4) is 0 Å². The second kappa shape index (κ2) is 8.70. The third-order valence-electron chi connectivity index (χ3n) is 4.68. The van der Waals surface area contributed by atoms with Crippen LogP contribution in [0.5, 0.6) is 0 Å². The Hall–Kier alpha value is -1.83. The number of hydrogen-bond donors (Lipinski definition) is 1. The Morgan fingerprint density at radius 2 is 1.85 bits per heavy atom. The highest BCUT2D eigenvalue weighted by Crippen LogP contribution is 2.18. The Kier molecular flexibility index (Phi) is 6.34. The van der Waals surface area contributed by atoms with E-state index in [9.17, 15) is 12.8 Å². The second-order valence-corrected chi connectivity index (χ2v) is 8.58. The van der Waals surface area contributed by atoms with Gasteiger partial charge in [0.2, 0.25) is 10.0 Å². The van der Waals surface area contributed by atoms with Gasteiger partial charge in [0.1, 0.15) is 5.82 Å². The lowest BCUT2D eigenvalue weighted by Crippen LogP contribution is -2.38. The fourth-order valence-corrected chi connectivity index (χ4v) is 4.39. The maximum absolute atomic E-state index is 12.9. The molecule has 2 aromatic rings. The Morgan fingerprint density at radius 1 is 1.12 bits per heavy atom. The Bertz CT molecular complexity index is 789. The van der Waals surface area contributed by atoms with Crippen LogP contribution < -0.4 is 4.72 Å². The lowest BCUT2D eigenvalue weighted by atomic mass is 9.97. The molecular formula is C19H24FN3O2S. The van der Waals surface area contributed by atoms with Crippen molar-refractivity contribution >= 4 is 10.0 Å². The van der Waals surface area contributed by atoms with E-state index in [2.05, 4.69) is 14.6 Å². The molecule has 0 aliphatic carbocycles. The lowest BCUT2D eigenvalue weighted by Gasteiger charge is -2.31. The summed E-state index contributed by atoms with van der Waals surface area (Å²) in [4.78, 5) is 6.70. The van der Waals surface area contributed by atoms with Crippen LogP contribution in [0.15, 0.2) is 48.7 Å². The maximum atomic E-state index is 12.9. The van der Waals surface area contributed by atoms with Crippen molar-refractivity contribution in [3.8, 4) is 0 Å². The molecule has 1 aliphatic heterocycles. The zero-order chi connectivity index (χ0) is 18.4. The highest BCUT2D eigenvalue weighted by Gasteiger charge is 2.21. The number of likely N-dealkylation sites (tertiary alicyclic amines) is 1. The van der Waals surface area contributed by atoms with Gasteiger partial charge in [0.15, 0.2) is 0 Å². The second-order valence-electron chi connectivity index (χ2n) is 6.77. The van der Waals surface area contributed by atoms with Gasteiger partial charge in [0.25, 0.3) is 0 Å². The van der Waals surface area contributed by atoms with Crippen LogP contribution >= 0.6 is 0 Å². The third-order valence-corrected chi connectivity index (χ3v) is 6.00. The zero-order valence-electron chi connectivity index (χ0n) is 14.6. The molecule has 1 fully saturated rings. The van der Waals surface area contributed by atoms with Gasteiger partial charge in [-0.2, -0.15) is 0 Å². The van der Waals surface area contributed by atoms with Gasteiger partial charge in [-0.1, -0.05) is 18.2 Å². The molecule has 1 aliphatic rings. The van der Waals surface area contributed by atoms with E-state index in [1.165, 1.54) is 24.3 Å². The summed E-state index contributed by atoms with van der Waals surface area (Å²) in [5.41, 5.74) is 1.65. The molecular weight excluding hydrogens is 353 g/mol. The number of nitrogens with zero attached hydrogens (tertiary/aromatic N) is 2. The summed E-state index contributed by atoms with van der Waals surface area (Å²) >= 11 is 0. The average molecular weight is 377 g/mol. The number of piperidine rings is 1. The summed E-state index contributed by atoms with van der Waals surface area (Å²) in [5.74, 6) is -0.138. The number of halogens is 1. The molecule has 0 atom stereocenters. The van der Waals surface area contributed by atoms with Crippen LogP contribution in [0.1, 0.15) is 24.1 Å². The van der Waals surface area contributed by atoms with Gasteiger partial charge in [-0.3, -0.25) is 9.88 Å². The highest BCUT2D eigenvalue weighted by atomic mass is 32.2. The molecule has 1 aromatic heterocycles. The van der Waals surface area contributed by atoms with E-state index >= 15 is 0 Å². The summed E-state index contributed by atoms with van der Waals surface area (Å²) in [6.07, 6.45) is 3.73. The van der Waals surface area contributed by atoms with Crippen molar-refractivity contribution < 1.29 is 12.8 Å². The summed E-state index contributed by atoms with van der Waals surface area (Å²) in [6, 6.07) is 11.5. The number of sulfonamides is 1. The molecule has 7 heteroatoms. The van der Waals surface area contributed by atoms with Crippen LogP contribution in [0.4, 0.5) is 4.39 Å². The SMILES string of the molecule is O=S(=O)(Cc1ccc(F)cc1)NCC1CCN(Cc2ccccn2)CC1. The van der Waals surface area contributed by atoms with Gasteiger partial charge in [-0.05, 0) is 61.7 Å². The number of pyridine rings is 1. The largest absolute Gasteiger partial charge is 0.297 e. The summed E-state index contributed by atoms with van der Waals surface area (Å²) in [5, 5.41) is 0. The van der Waals surface area contributed by atoms with Crippen molar-refractivity contribution in [2.45, 2.75) is 25.1 Å². The van der Waals surface area contributed by atoms with Crippen molar-refractivity contribution in [1.82, 2.24) is 14.6 Å². The van der Waals surface area contributed by atoms with Crippen LogP contribution in [-0.4, -0.2) is 37.9 Å². The van der Waals surface area contributed by atoms with Crippen molar-refractivity contribution in [3.63, 3.8) is 0 Å². The number of hydrogen-bond acceptors (Lipinski definition) is 4. The monoisotopic (exact) mass is 377 g/mol. The van der Waals surface area contributed by atoms with Gasteiger partial charge in [-0.25, -0.2) is 17.5 Å². The zero-order valence-corrected chi connectivity index (χ0v) is 15.5. The van der Waals surface area contributed by atoms with Crippen LogP contribution in [0.25, 0.3) is 0 Å². The Balaban J connectivity index is 1.42. The molecule has 0 saturated carbocycles. The first-order valence-corrected chi connectivity index (χ1v) is 10.5. The fourth-order valence-electron chi connectivity index (χ4n) is 3.17. The summed E-state index contributed by atoms with van der Waals surface area (Å²) in [7, 11) is -3.40. The molecule has 0 bridgehead atoms. The number of nitrogens with one attached hydrogen (secondary N) is 1. The maximum Gasteiger partial charge on any atom is 0.215 e. The van der Waals surface area contributed by atoms with E-state index in [0.717, 1.165) is 38.2 Å².